The predicted octanol–water partition coefficient (Wildman–Crippen LogP) is 3.44. The molecule has 3 saturated carbocycles. The Morgan fingerprint density at radius 3 is 2.56 bits per heavy atom. The number of amides is 1. The van der Waals surface area contributed by atoms with Crippen LogP contribution < -0.4 is 0 Å². The van der Waals surface area contributed by atoms with Crippen molar-refractivity contribution in [3.05, 3.63) is 0 Å². The first-order chi connectivity index (χ1) is 8.61. The van der Waals surface area contributed by atoms with Crippen LogP contribution in [-0.4, -0.2) is 29.2 Å². The van der Waals surface area contributed by atoms with E-state index in [4.69, 9.17) is 0 Å². The average Bonchev–Trinajstić information content (AvgIpc) is 2.88. The first-order valence-electron chi connectivity index (χ1n) is 7.50. The van der Waals surface area contributed by atoms with E-state index in [2.05, 4.69) is 15.9 Å². The number of carbonyl (C=O) groups excluding carboxylic acids is 1. The van der Waals surface area contributed by atoms with Crippen molar-refractivity contribution in [3.8, 4) is 0 Å². The topological polar surface area (TPSA) is 20.3 Å². The fourth-order valence-corrected chi connectivity index (χ4v) is 5.36. The SMILES string of the molecule is CN(CC1CC(Br)C1)C(=O)CC1CC2CCC1C2. The minimum absolute atomic E-state index is 0.394. The van der Waals surface area contributed by atoms with Gasteiger partial charge in [0.2, 0.25) is 5.91 Å². The summed E-state index contributed by atoms with van der Waals surface area (Å²) in [6, 6.07) is 0. The molecule has 0 spiro atoms. The second-order valence-electron chi connectivity index (χ2n) is 6.85. The van der Waals surface area contributed by atoms with E-state index in [0.717, 1.165) is 30.7 Å². The molecule has 0 heterocycles. The maximum atomic E-state index is 12.2. The van der Waals surface area contributed by atoms with Gasteiger partial charge in [-0.1, -0.05) is 22.4 Å². The van der Waals surface area contributed by atoms with Crippen molar-refractivity contribution >= 4 is 21.8 Å². The minimum atomic E-state index is 0.394. The summed E-state index contributed by atoms with van der Waals surface area (Å²) in [5, 5.41) is 0. The molecule has 3 heteroatoms. The lowest BCUT2D eigenvalue weighted by atomic mass is 9.84. The molecule has 2 nitrogen and oxygen atoms in total. The molecule has 0 radical (unpaired) electrons. The fraction of sp³-hybridized carbons (Fsp3) is 0.933. The third-order valence-corrected chi connectivity index (χ3v) is 6.20. The Morgan fingerprint density at radius 1 is 1.22 bits per heavy atom. The molecule has 0 saturated heterocycles. The maximum absolute atomic E-state index is 12.2. The van der Waals surface area contributed by atoms with Crippen molar-refractivity contribution in [2.24, 2.45) is 23.7 Å². The Hall–Kier alpha value is -0.0500. The van der Waals surface area contributed by atoms with Gasteiger partial charge >= 0.3 is 0 Å². The summed E-state index contributed by atoms with van der Waals surface area (Å²) in [7, 11) is 2.00. The highest BCUT2D eigenvalue weighted by atomic mass is 79.9. The van der Waals surface area contributed by atoms with E-state index in [9.17, 15) is 4.79 Å². The molecular formula is C15H24BrNO. The number of hydrogen-bond donors (Lipinski definition) is 0. The fourth-order valence-electron chi connectivity index (χ4n) is 4.30. The molecule has 3 aliphatic rings. The van der Waals surface area contributed by atoms with Crippen molar-refractivity contribution in [2.75, 3.05) is 13.6 Å². The van der Waals surface area contributed by atoms with E-state index in [1.807, 2.05) is 11.9 Å². The lowest BCUT2D eigenvalue weighted by molar-refractivity contribution is -0.132. The van der Waals surface area contributed by atoms with Crippen molar-refractivity contribution < 1.29 is 4.79 Å². The third-order valence-electron chi connectivity index (χ3n) is 5.46. The van der Waals surface area contributed by atoms with Crippen molar-refractivity contribution in [1.82, 2.24) is 4.90 Å². The number of rotatable bonds is 4. The molecule has 0 aromatic rings. The van der Waals surface area contributed by atoms with Crippen LogP contribution in [-0.2, 0) is 4.79 Å². The summed E-state index contributed by atoms with van der Waals surface area (Å²) in [5.41, 5.74) is 0. The molecule has 3 fully saturated rings. The number of carbonyl (C=O) groups is 1. The summed E-state index contributed by atoms with van der Waals surface area (Å²) in [6.45, 7) is 0.974. The largest absolute Gasteiger partial charge is 0.345 e. The molecule has 0 aromatic carbocycles. The zero-order chi connectivity index (χ0) is 12.7. The van der Waals surface area contributed by atoms with E-state index >= 15 is 0 Å². The average molecular weight is 314 g/mol. The van der Waals surface area contributed by atoms with Crippen molar-refractivity contribution in [3.63, 3.8) is 0 Å². The highest BCUT2D eigenvalue weighted by molar-refractivity contribution is 9.09. The summed E-state index contributed by atoms with van der Waals surface area (Å²) < 4.78 is 0. The summed E-state index contributed by atoms with van der Waals surface area (Å²) in [4.78, 5) is 14.9. The first-order valence-corrected chi connectivity index (χ1v) is 8.41. The Labute approximate surface area is 119 Å². The van der Waals surface area contributed by atoms with Gasteiger partial charge in [0.25, 0.3) is 0 Å². The van der Waals surface area contributed by atoms with Crippen LogP contribution in [0.4, 0.5) is 0 Å². The van der Waals surface area contributed by atoms with Crippen molar-refractivity contribution in [2.45, 2.75) is 49.8 Å². The Bertz CT molecular complexity index is 326. The molecule has 0 aliphatic heterocycles. The van der Waals surface area contributed by atoms with Gasteiger partial charge in [-0.05, 0) is 55.8 Å². The molecule has 102 valence electrons. The highest BCUT2D eigenvalue weighted by Crippen LogP contribution is 2.49. The van der Waals surface area contributed by atoms with Gasteiger partial charge in [0, 0.05) is 24.8 Å². The Kier molecular flexibility index (Phi) is 3.70. The lowest BCUT2D eigenvalue weighted by Crippen LogP contribution is -2.38. The number of nitrogens with zero attached hydrogens (tertiary/aromatic N) is 1. The maximum Gasteiger partial charge on any atom is 0.222 e. The van der Waals surface area contributed by atoms with Gasteiger partial charge in [-0.25, -0.2) is 0 Å². The predicted molar refractivity (Wildman–Crippen MR) is 76.6 cm³/mol. The molecule has 3 rings (SSSR count). The van der Waals surface area contributed by atoms with Crippen LogP contribution in [0.2, 0.25) is 0 Å². The number of hydrogen-bond acceptors (Lipinski definition) is 1. The molecule has 2 bridgehead atoms. The Balaban J connectivity index is 1.43. The van der Waals surface area contributed by atoms with Gasteiger partial charge in [0.1, 0.15) is 0 Å². The summed E-state index contributed by atoms with van der Waals surface area (Å²) in [6.07, 6.45) is 8.87. The van der Waals surface area contributed by atoms with E-state index in [0.29, 0.717) is 16.7 Å². The van der Waals surface area contributed by atoms with Gasteiger partial charge in [-0.15, -0.1) is 0 Å². The van der Waals surface area contributed by atoms with Crippen LogP contribution in [0.5, 0.6) is 0 Å². The zero-order valence-corrected chi connectivity index (χ0v) is 12.9. The van der Waals surface area contributed by atoms with Gasteiger partial charge in [-0.3, -0.25) is 4.79 Å². The van der Waals surface area contributed by atoms with Crippen LogP contribution in [0.25, 0.3) is 0 Å². The van der Waals surface area contributed by atoms with Gasteiger partial charge in [0.05, 0.1) is 0 Å². The van der Waals surface area contributed by atoms with Gasteiger partial charge in [0.15, 0.2) is 0 Å². The van der Waals surface area contributed by atoms with Gasteiger partial charge in [-0.2, -0.15) is 0 Å². The van der Waals surface area contributed by atoms with Crippen molar-refractivity contribution in [1.29, 1.82) is 0 Å². The standard InChI is InChI=1S/C15H24BrNO/c1-17(9-11-6-14(16)7-11)15(18)8-13-5-10-2-3-12(13)4-10/h10-14H,2-9H2,1H3. The van der Waals surface area contributed by atoms with Crippen LogP contribution in [0.15, 0.2) is 0 Å². The molecule has 0 aromatic heterocycles. The molecule has 1 amide bonds. The Morgan fingerprint density at radius 2 is 2.00 bits per heavy atom. The molecule has 0 N–H and O–H groups in total. The summed E-state index contributed by atoms with van der Waals surface area (Å²) in [5.74, 6) is 3.68. The van der Waals surface area contributed by atoms with Crippen LogP contribution >= 0.6 is 15.9 Å². The second-order valence-corrected chi connectivity index (χ2v) is 8.14. The van der Waals surface area contributed by atoms with Crippen LogP contribution in [0, 0.1) is 23.7 Å². The first kappa shape index (κ1) is 13.0. The normalized spacial score (nSPS) is 41.8. The molecule has 3 atom stereocenters. The second kappa shape index (κ2) is 5.15. The quantitative estimate of drug-likeness (QED) is 0.728. The molecular weight excluding hydrogens is 290 g/mol. The molecule has 3 unspecified atom stereocenters. The van der Waals surface area contributed by atoms with Gasteiger partial charge < -0.3 is 4.90 Å². The smallest absolute Gasteiger partial charge is 0.222 e. The van der Waals surface area contributed by atoms with E-state index in [1.54, 1.807) is 0 Å². The molecule has 18 heavy (non-hydrogen) atoms. The highest BCUT2D eigenvalue weighted by Gasteiger charge is 2.40. The van der Waals surface area contributed by atoms with E-state index < -0.39 is 0 Å². The van der Waals surface area contributed by atoms with Crippen LogP contribution in [0.1, 0.15) is 44.9 Å². The third kappa shape index (κ3) is 2.61. The molecule has 3 aliphatic carbocycles. The number of alkyl halides is 1. The number of halogens is 1. The zero-order valence-electron chi connectivity index (χ0n) is 11.3. The van der Waals surface area contributed by atoms with E-state index in [1.165, 1.54) is 38.5 Å². The van der Waals surface area contributed by atoms with E-state index in [-0.39, 0.29) is 0 Å². The minimum Gasteiger partial charge on any atom is -0.345 e. The number of fused-ring (bicyclic) bond motifs is 2. The lowest BCUT2D eigenvalue weighted by Gasteiger charge is -2.35. The monoisotopic (exact) mass is 313 g/mol. The van der Waals surface area contributed by atoms with Crippen LogP contribution in [0.3, 0.4) is 0 Å². The summed E-state index contributed by atoms with van der Waals surface area (Å²) >= 11 is 3.62.